The molecule has 1 aliphatic rings. The van der Waals surface area contributed by atoms with Crippen LogP contribution in [-0.4, -0.2) is 36.4 Å². The maximum atomic E-state index is 13.7. The van der Waals surface area contributed by atoms with Crippen LogP contribution in [0, 0.1) is 0 Å². The average molecular weight is 479 g/mol. The molecule has 4 aromatic rings. The third kappa shape index (κ3) is 4.42. The van der Waals surface area contributed by atoms with E-state index in [2.05, 4.69) is 0 Å². The van der Waals surface area contributed by atoms with Gasteiger partial charge in [0, 0.05) is 11.3 Å². The molecule has 5 rings (SSSR count). The first-order valence-electron chi connectivity index (χ1n) is 11.3. The Balaban J connectivity index is 1.47. The lowest BCUT2D eigenvalue weighted by Crippen LogP contribution is -2.44. The summed E-state index contributed by atoms with van der Waals surface area (Å²) in [6.07, 6.45) is 0. The van der Waals surface area contributed by atoms with Crippen molar-refractivity contribution in [3.63, 3.8) is 0 Å². The van der Waals surface area contributed by atoms with Gasteiger partial charge in [-0.05, 0) is 66.7 Å². The molecule has 0 fully saturated rings. The zero-order valence-corrected chi connectivity index (χ0v) is 19.5. The number of benzene rings is 4. The maximum absolute atomic E-state index is 13.7. The zero-order chi connectivity index (χ0) is 25.1. The fourth-order valence-electron chi connectivity index (χ4n) is 4.00. The molecule has 0 radical (unpaired) electrons. The Morgan fingerprint density at radius 3 is 1.94 bits per heavy atom. The summed E-state index contributed by atoms with van der Waals surface area (Å²) < 4.78 is 11.1. The number of carbonyl (C=O) groups is 3. The molecule has 3 amide bonds. The summed E-state index contributed by atoms with van der Waals surface area (Å²) in [5, 5.41) is 0. The van der Waals surface area contributed by atoms with E-state index in [1.807, 2.05) is 30.3 Å². The molecule has 0 N–H and O–H groups in total. The van der Waals surface area contributed by atoms with Gasteiger partial charge in [0.05, 0.1) is 18.2 Å². The number of hydrogen-bond donors (Lipinski definition) is 0. The number of amides is 3. The Kier molecular flexibility index (Phi) is 6.19. The van der Waals surface area contributed by atoms with Gasteiger partial charge in [-0.1, -0.05) is 36.4 Å². The number of carbonyl (C=O) groups excluding carboxylic acids is 3. The van der Waals surface area contributed by atoms with Gasteiger partial charge in [-0.25, -0.2) is 0 Å². The molecule has 0 unspecified atom stereocenters. The third-order valence-corrected chi connectivity index (χ3v) is 5.85. The molecule has 1 aliphatic heterocycles. The van der Waals surface area contributed by atoms with Crippen molar-refractivity contribution >= 4 is 23.4 Å². The molecular weight excluding hydrogens is 456 g/mol. The van der Waals surface area contributed by atoms with Crippen molar-refractivity contribution in [2.75, 3.05) is 18.7 Å². The first kappa shape index (κ1) is 22.9. The number of para-hydroxylation sites is 1. The zero-order valence-electron chi connectivity index (χ0n) is 19.5. The number of rotatable bonds is 7. The second-order valence-corrected chi connectivity index (χ2v) is 8.10. The SMILES string of the molecule is COc1cccc(C(=O)N(CN2C(=O)c3ccccc3C2=O)c2ccc(Oc3ccccc3)cc2)c1. The Bertz CT molecular complexity index is 1400. The summed E-state index contributed by atoms with van der Waals surface area (Å²) in [7, 11) is 1.52. The molecule has 0 saturated carbocycles. The van der Waals surface area contributed by atoms with E-state index in [-0.39, 0.29) is 12.6 Å². The van der Waals surface area contributed by atoms with Gasteiger partial charge in [-0.2, -0.15) is 0 Å². The minimum Gasteiger partial charge on any atom is -0.497 e. The first-order valence-corrected chi connectivity index (χ1v) is 11.3. The van der Waals surface area contributed by atoms with Crippen LogP contribution < -0.4 is 14.4 Å². The minimum atomic E-state index is -0.442. The monoisotopic (exact) mass is 478 g/mol. The van der Waals surface area contributed by atoms with Crippen molar-refractivity contribution < 1.29 is 23.9 Å². The number of nitrogens with zero attached hydrogens (tertiary/aromatic N) is 2. The van der Waals surface area contributed by atoms with Gasteiger partial charge in [0.1, 0.15) is 23.9 Å². The van der Waals surface area contributed by atoms with Gasteiger partial charge in [-0.3, -0.25) is 24.2 Å². The van der Waals surface area contributed by atoms with Crippen molar-refractivity contribution in [1.82, 2.24) is 4.90 Å². The number of methoxy groups -OCH3 is 1. The lowest BCUT2D eigenvalue weighted by molar-refractivity contribution is 0.0650. The smallest absolute Gasteiger partial charge is 0.263 e. The van der Waals surface area contributed by atoms with Gasteiger partial charge in [-0.15, -0.1) is 0 Å². The normalized spacial score (nSPS) is 12.3. The van der Waals surface area contributed by atoms with E-state index in [9.17, 15) is 14.4 Å². The Morgan fingerprint density at radius 2 is 1.31 bits per heavy atom. The van der Waals surface area contributed by atoms with Gasteiger partial charge in [0.2, 0.25) is 0 Å². The van der Waals surface area contributed by atoms with Crippen molar-refractivity contribution in [2.45, 2.75) is 0 Å². The van der Waals surface area contributed by atoms with Gasteiger partial charge in [0.15, 0.2) is 0 Å². The van der Waals surface area contributed by atoms with E-state index >= 15 is 0 Å². The van der Waals surface area contributed by atoms with Gasteiger partial charge >= 0.3 is 0 Å². The fourth-order valence-corrected chi connectivity index (χ4v) is 4.00. The van der Waals surface area contributed by atoms with Crippen molar-refractivity contribution in [1.29, 1.82) is 0 Å². The second-order valence-electron chi connectivity index (χ2n) is 8.10. The van der Waals surface area contributed by atoms with Crippen LogP contribution in [-0.2, 0) is 0 Å². The highest BCUT2D eigenvalue weighted by Gasteiger charge is 2.37. The van der Waals surface area contributed by atoms with Crippen LogP contribution in [0.25, 0.3) is 0 Å². The predicted molar refractivity (Wildman–Crippen MR) is 135 cm³/mol. The van der Waals surface area contributed by atoms with E-state index in [1.165, 1.54) is 12.0 Å². The summed E-state index contributed by atoms with van der Waals surface area (Å²) in [5.74, 6) is 0.515. The van der Waals surface area contributed by atoms with Crippen molar-refractivity contribution in [3.05, 3.63) is 120 Å². The molecule has 0 aromatic heterocycles. The summed E-state index contributed by atoms with van der Waals surface area (Å²) >= 11 is 0. The van der Waals surface area contributed by atoms with Crippen LogP contribution >= 0.6 is 0 Å². The number of imide groups is 1. The van der Waals surface area contributed by atoms with E-state index in [1.54, 1.807) is 72.8 Å². The van der Waals surface area contributed by atoms with Crippen molar-refractivity contribution in [2.24, 2.45) is 0 Å². The molecule has 36 heavy (non-hydrogen) atoms. The quantitative estimate of drug-likeness (QED) is 0.333. The summed E-state index contributed by atoms with van der Waals surface area (Å²) in [4.78, 5) is 42.2. The van der Waals surface area contributed by atoms with E-state index in [0.717, 1.165) is 4.90 Å². The lowest BCUT2D eigenvalue weighted by atomic mass is 10.1. The summed E-state index contributed by atoms with van der Waals surface area (Å²) in [6, 6.07) is 29.6. The van der Waals surface area contributed by atoms with E-state index in [0.29, 0.717) is 39.6 Å². The van der Waals surface area contributed by atoms with Crippen LogP contribution in [0.2, 0.25) is 0 Å². The highest BCUT2D eigenvalue weighted by molar-refractivity contribution is 6.22. The van der Waals surface area contributed by atoms with Crippen LogP contribution in [0.5, 0.6) is 17.2 Å². The van der Waals surface area contributed by atoms with Gasteiger partial charge < -0.3 is 9.47 Å². The fraction of sp³-hybridized carbons (Fsp3) is 0.0690. The number of hydrogen-bond acceptors (Lipinski definition) is 5. The van der Waals surface area contributed by atoms with E-state index < -0.39 is 11.8 Å². The Hall–Kier alpha value is -4.91. The molecule has 0 spiro atoms. The molecule has 7 heteroatoms. The van der Waals surface area contributed by atoms with Crippen LogP contribution in [0.15, 0.2) is 103 Å². The van der Waals surface area contributed by atoms with Crippen LogP contribution in [0.3, 0.4) is 0 Å². The highest BCUT2D eigenvalue weighted by Crippen LogP contribution is 2.28. The third-order valence-electron chi connectivity index (χ3n) is 5.85. The molecule has 4 aromatic carbocycles. The largest absolute Gasteiger partial charge is 0.497 e. The number of fused-ring (bicyclic) bond motifs is 1. The van der Waals surface area contributed by atoms with Crippen LogP contribution in [0.4, 0.5) is 5.69 Å². The second kappa shape index (κ2) is 9.76. The molecule has 1 heterocycles. The molecule has 0 atom stereocenters. The number of ether oxygens (including phenoxy) is 2. The molecule has 0 bridgehead atoms. The molecule has 0 saturated heterocycles. The molecular formula is C29H22N2O5. The standard InChI is InChI=1S/C29H22N2O5/c1-35-24-11-7-8-20(18-24)27(32)30(19-31-28(33)25-12-5-6-13-26(25)29(31)34)21-14-16-23(17-15-21)36-22-9-3-2-4-10-22/h2-18H,19H2,1H3. The molecule has 7 nitrogen and oxygen atoms in total. The lowest BCUT2D eigenvalue weighted by Gasteiger charge is -2.27. The topological polar surface area (TPSA) is 76.2 Å². The molecule has 0 aliphatic carbocycles. The first-order chi connectivity index (χ1) is 17.5. The number of anilines is 1. The predicted octanol–water partition coefficient (Wildman–Crippen LogP) is 5.39. The Labute approximate surface area is 208 Å². The van der Waals surface area contributed by atoms with Crippen molar-refractivity contribution in [3.8, 4) is 17.2 Å². The molecule has 178 valence electrons. The van der Waals surface area contributed by atoms with Gasteiger partial charge in [0.25, 0.3) is 17.7 Å². The van der Waals surface area contributed by atoms with Crippen LogP contribution in [0.1, 0.15) is 31.1 Å². The Morgan fingerprint density at radius 1 is 0.722 bits per heavy atom. The minimum absolute atomic E-state index is 0.249. The maximum Gasteiger partial charge on any atom is 0.263 e. The van der Waals surface area contributed by atoms with E-state index in [4.69, 9.17) is 9.47 Å². The summed E-state index contributed by atoms with van der Waals surface area (Å²) in [5.41, 5.74) is 1.50. The average Bonchev–Trinajstić information content (AvgIpc) is 3.17. The highest BCUT2D eigenvalue weighted by atomic mass is 16.5. The summed E-state index contributed by atoms with van der Waals surface area (Å²) in [6.45, 7) is -0.249.